The third-order valence-corrected chi connectivity index (χ3v) is 5.61. The lowest BCUT2D eigenvalue weighted by Crippen LogP contribution is -2.48. The fourth-order valence-electron chi connectivity index (χ4n) is 2.45. The van der Waals surface area contributed by atoms with E-state index in [4.69, 9.17) is 0 Å². The van der Waals surface area contributed by atoms with Gasteiger partial charge < -0.3 is 16.0 Å². The summed E-state index contributed by atoms with van der Waals surface area (Å²) in [7, 11) is -3.71. The van der Waals surface area contributed by atoms with Gasteiger partial charge in [-0.05, 0) is 25.2 Å². The number of hydrogen-bond donors (Lipinski definition) is 3. The second kappa shape index (κ2) is 9.95. The fourth-order valence-corrected chi connectivity index (χ4v) is 3.44. The Bertz CT molecular complexity index is 587. The number of halogens is 3. The van der Waals surface area contributed by atoms with Crippen molar-refractivity contribution in [1.29, 1.82) is 0 Å². The average Bonchev–Trinajstić information content (AvgIpc) is 2.59. The third-order valence-electron chi connectivity index (χ3n) is 3.98. The zero-order chi connectivity index (χ0) is 19.8. The van der Waals surface area contributed by atoms with Gasteiger partial charge in [-0.2, -0.15) is 17.5 Å². The minimum Gasteiger partial charge on any atom is -0.356 e. The van der Waals surface area contributed by atoms with Crippen LogP contribution in [0.1, 0.15) is 26.2 Å². The van der Waals surface area contributed by atoms with Crippen LogP contribution in [0.25, 0.3) is 0 Å². The van der Waals surface area contributed by atoms with Gasteiger partial charge in [0.15, 0.2) is 5.96 Å². The lowest BCUT2D eigenvalue weighted by Gasteiger charge is -2.31. The first-order valence-electron chi connectivity index (χ1n) is 8.39. The molecule has 0 spiro atoms. The van der Waals surface area contributed by atoms with E-state index in [1.807, 2.05) is 6.92 Å². The van der Waals surface area contributed by atoms with E-state index in [1.54, 1.807) is 0 Å². The molecule has 1 heterocycles. The van der Waals surface area contributed by atoms with Crippen LogP contribution in [0.4, 0.5) is 13.2 Å². The van der Waals surface area contributed by atoms with Gasteiger partial charge in [0.05, 0.1) is 6.54 Å². The number of carbonyl (C=O) groups is 1. The number of amides is 1. The maximum absolute atomic E-state index is 12.5. The van der Waals surface area contributed by atoms with E-state index in [0.717, 1.165) is 6.42 Å². The Balaban J connectivity index is 2.37. The quantitative estimate of drug-likeness (QED) is 0.419. The van der Waals surface area contributed by atoms with Crippen LogP contribution in [0.15, 0.2) is 4.99 Å². The fraction of sp³-hybridized carbons (Fsp3) is 0.857. The average molecular weight is 401 g/mol. The molecular formula is C14H26F3N5O3S. The van der Waals surface area contributed by atoms with E-state index in [1.165, 1.54) is 7.05 Å². The molecule has 1 amide bonds. The SMILES string of the molecule is CCCNC(=O)CNC(=NC)NCC1CCN(S(=O)(=O)C(F)(F)F)CC1. The van der Waals surface area contributed by atoms with Crippen molar-refractivity contribution < 1.29 is 26.4 Å². The lowest BCUT2D eigenvalue weighted by molar-refractivity contribution is -0.120. The van der Waals surface area contributed by atoms with Crippen LogP contribution in [0.5, 0.6) is 0 Å². The van der Waals surface area contributed by atoms with Gasteiger partial charge in [0.1, 0.15) is 0 Å². The molecule has 0 radical (unpaired) electrons. The van der Waals surface area contributed by atoms with Crippen molar-refractivity contribution in [3.8, 4) is 0 Å². The molecule has 1 aliphatic rings. The molecule has 1 aliphatic heterocycles. The molecule has 0 aromatic heterocycles. The summed E-state index contributed by atoms with van der Waals surface area (Å²) < 4.78 is 60.8. The molecule has 0 saturated carbocycles. The molecule has 0 aromatic carbocycles. The van der Waals surface area contributed by atoms with Crippen molar-refractivity contribution in [3.63, 3.8) is 0 Å². The number of guanidine groups is 1. The van der Waals surface area contributed by atoms with E-state index in [2.05, 4.69) is 20.9 Å². The lowest BCUT2D eigenvalue weighted by atomic mass is 9.98. The molecule has 152 valence electrons. The van der Waals surface area contributed by atoms with Gasteiger partial charge in [-0.1, -0.05) is 6.92 Å². The monoisotopic (exact) mass is 401 g/mol. The third kappa shape index (κ3) is 6.63. The summed E-state index contributed by atoms with van der Waals surface area (Å²) in [6.07, 6.45) is 1.47. The normalized spacial score (nSPS) is 17.8. The summed E-state index contributed by atoms with van der Waals surface area (Å²) in [6.45, 7) is 2.68. The standard InChI is InChI=1S/C14H26F3N5O3S/c1-3-6-19-12(23)10-21-13(18-2)20-9-11-4-7-22(8-5-11)26(24,25)14(15,16)17/h11H,3-10H2,1-2H3,(H,19,23)(H2,18,20,21). The molecule has 0 aromatic rings. The first kappa shape index (κ1) is 22.5. The van der Waals surface area contributed by atoms with Gasteiger partial charge in [0.25, 0.3) is 0 Å². The molecule has 1 rings (SSSR count). The van der Waals surface area contributed by atoms with Crippen molar-refractivity contribution in [3.05, 3.63) is 0 Å². The Hall–Kier alpha value is -1.56. The van der Waals surface area contributed by atoms with Gasteiger partial charge in [-0.3, -0.25) is 9.79 Å². The van der Waals surface area contributed by atoms with Crippen LogP contribution >= 0.6 is 0 Å². The Labute approximate surface area is 151 Å². The van der Waals surface area contributed by atoms with E-state index in [-0.39, 0.29) is 31.5 Å². The zero-order valence-corrected chi connectivity index (χ0v) is 15.7. The minimum atomic E-state index is -5.26. The van der Waals surface area contributed by atoms with Crippen LogP contribution < -0.4 is 16.0 Å². The van der Waals surface area contributed by atoms with E-state index < -0.39 is 15.5 Å². The van der Waals surface area contributed by atoms with Crippen LogP contribution in [0.3, 0.4) is 0 Å². The number of nitrogens with zero attached hydrogens (tertiary/aromatic N) is 2. The molecule has 12 heteroatoms. The van der Waals surface area contributed by atoms with Crippen LogP contribution in [-0.2, 0) is 14.8 Å². The molecule has 26 heavy (non-hydrogen) atoms. The number of carbonyl (C=O) groups excluding carboxylic acids is 1. The summed E-state index contributed by atoms with van der Waals surface area (Å²) in [5.74, 6) is 0.254. The van der Waals surface area contributed by atoms with E-state index in [9.17, 15) is 26.4 Å². The number of nitrogens with one attached hydrogen (secondary N) is 3. The highest BCUT2D eigenvalue weighted by atomic mass is 32.2. The van der Waals surface area contributed by atoms with Crippen LogP contribution in [0, 0.1) is 5.92 Å². The van der Waals surface area contributed by atoms with Crippen molar-refractivity contribution in [2.24, 2.45) is 10.9 Å². The number of rotatable bonds is 7. The van der Waals surface area contributed by atoms with Gasteiger partial charge in [-0.15, -0.1) is 0 Å². The smallest absolute Gasteiger partial charge is 0.356 e. The maximum atomic E-state index is 12.5. The Kier molecular flexibility index (Phi) is 8.60. The zero-order valence-electron chi connectivity index (χ0n) is 14.9. The number of alkyl halides is 3. The molecule has 0 unspecified atom stereocenters. The summed E-state index contributed by atoms with van der Waals surface area (Å²) in [4.78, 5) is 15.5. The van der Waals surface area contributed by atoms with Crippen LogP contribution in [-0.4, -0.2) is 69.9 Å². The summed E-state index contributed by atoms with van der Waals surface area (Å²) >= 11 is 0. The highest BCUT2D eigenvalue weighted by Crippen LogP contribution is 2.30. The summed E-state index contributed by atoms with van der Waals surface area (Å²) in [5, 5.41) is 8.56. The summed E-state index contributed by atoms with van der Waals surface area (Å²) in [5.41, 5.74) is -5.26. The molecule has 0 aliphatic carbocycles. The van der Waals surface area contributed by atoms with Crippen molar-refractivity contribution >= 4 is 21.9 Å². The van der Waals surface area contributed by atoms with Crippen LogP contribution in [0.2, 0.25) is 0 Å². The number of piperidine rings is 1. The largest absolute Gasteiger partial charge is 0.511 e. The predicted molar refractivity (Wildman–Crippen MR) is 91.9 cm³/mol. The maximum Gasteiger partial charge on any atom is 0.511 e. The van der Waals surface area contributed by atoms with E-state index in [0.29, 0.717) is 36.2 Å². The molecule has 0 bridgehead atoms. The molecule has 1 fully saturated rings. The molecule has 1 saturated heterocycles. The number of sulfonamides is 1. The van der Waals surface area contributed by atoms with E-state index >= 15 is 0 Å². The Morgan fingerprint density at radius 1 is 1.19 bits per heavy atom. The molecule has 0 atom stereocenters. The second-order valence-corrected chi connectivity index (χ2v) is 7.88. The summed E-state index contributed by atoms with van der Waals surface area (Å²) in [6, 6.07) is 0. The van der Waals surface area contributed by atoms with Gasteiger partial charge >= 0.3 is 15.5 Å². The first-order valence-corrected chi connectivity index (χ1v) is 9.83. The van der Waals surface area contributed by atoms with Gasteiger partial charge in [0.2, 0.25) is 5.91 Å². The van der Waals surface area contributed by atoms with Gasteiger partial charge in [0, 0.05) is 33.2 Å². The molecular weight excluding hydrogens is 375 g/mol. The highest BCUT2D eigenvalue weighted by Gasteiger charge is 2.50. The van der Waals surface area contributed by atoms with Gasteiger partial charge in [-0.25, -0.2) is 8.42 Å². The molecule has 3 N–H and O–H groups in total. The molecule has 8 nitrogen and oxygen atoms in total. The predicted octanol–water partition coefficient (Wildman–Crippen LogP) is 0.239. The number of hydrogen-bond acceptors (Lipinski definition) is 4. The topological polar surface area (TPSA) is 103 Å². The first-order chi connectivity index (χ1) is 12.1. The number of aliphatic imine (C=N–C) groups is 1. The van der Waals surface area contributed by atoms with Crippen molar-refractivity contribution in [1.82, 2.24) is 20.3 Å². The second-order valence-electron chi connectivity index (χ2n) is 5.95. The highest BCUT2D eigenvalue weighted by molar-refractivity contribution is 7.90. The van der Waals surface area contributed by atoms with Crippen molar-refractivity contribution in [2.75, 3.05) is 39.8 Å². The Morgan fingerprint density at radius 2 is 1.81 bits per heavy atom. The van der Waals surface area contributed by atoms with Crippen molar-refractivity contribution in [2.45, 2.75) is 31.7 Å². The Morgan fingerprint density at radius 3 is 2.31 bits per heavy atom. The minimum absolute atomic E-state index is 0.0159.